The summed E-state index contributed by atoms with van der Waals surface area (Å²) in [5.74, 6) is 0. The number of carbonyl (C=O) groups excluding carboxylic acids is 1. The highest BCUT2D eigenvalue weighted by molar-refractivity contribution is 7.96. The highest BCUT2D eigenvalue weighted by atomic mass is 32.1. The van der Waals surface area contributed by atoms with Gasteiger partial charge in [-0.25, -0.2) is 4.39 Å². The van der Waals surface area contributed by atoms with Crippen LogP contribution in [0.1, 0.15) is 0 Å². The molecule has 0 aromatic heterocycles. The predicted octanol–water partition coefficient (Wildman–Crippen LogP) is 0.595. The summed E-state index contributed by atoms with van der Waals surface area (Å²) in [6, 6.07) is 0. The lowest BCUT2D eigenvalue weighted by Gasteiger charge is -1.90. The van der Waals surface area contributed by atoms with E-state index in [-0.39, 0.29) is 6.54 Å². The van der Waals surface area contributed by atoms with E-state index in [2.05, 4.69) is 17.9 Å². The predicted molar refractivity (Wildman–Crippen MR) is 28.4 cm³/mol. The minimum atomic E-state index is -0.535. The van der Waals surface area contributed by atoms with Gasteiger partial charge in [0.2, 0.25) is 0 Å². The van der Waals surface area contributed by atoms with Gasteiger partial charge in [-0.1, -0.05) is 12.6 Å². The zero-order valence-electron chi connectivity index (χ0n) is 3.65. The first-order chi connectivity index (χ1) is 3.27. The zero-order valence-corrected chi connectivity index (χ0v) is 4.54. The first-order valence-corrected chi connectivity index (χ1v) is 2.25. The van der Waals surface area contributed by atoms with Crippen LogP contribution >= 0.6 is 12.6 Å². The van der Waals surface area contributed by atoms with Crippen LogP contribution < -0.4 is 5.32 Å². The van der Waals surface area contributed by atoms with Crippen molar-refractivity contribution in [3.05, 3.63) is 0 Å². The average Bonchev–Trinajstić information content (AvgIpc) is 1.61. The zero-order chi connectivity index (χ0) is 5.70. The smallest absolute Gasteiger partial charge is 0.276 e. The Bertz CT molecular complexity index is 68.0. The molecule has 0 saturated carbocycles. The number of hydrogen-bond acceptors (Lipinski definition) is 1. The second-order valence-electron chi connectivity index (χ2n) is 0.921. The molecule has 0 bridgehead atoms. The van der Waals surface area contributed by atoms with Gasteiger partial charge in [0.1, 0.15) is 6.67 Å². The second kappa shape index (κ2) is 3.92. The molecule has 0 saturated heterocycles. The Morgan fingerprint density at radius 3 is 2.57 bits per heavy atom. The van der Waals surface area contributed by atoms with Crippen LogP contribution in [-0.2, 0) is 0 Å². The Labute approximate surface area is 46.5 Å². The fourth-order valence-electron chi connectivity index (χ4n) is 0.154. The first kappa shape index (κ1) is 6.75. The van der Waals surface area contributed by atoms with Crippen LogP contribution in [0.15, 0.2) is 0 Å². The maximum atomic E-state index is 11.1. The summed E-state index contributed by atoms with van der Waals surface area (Å²) in [4.78, 5) is 9.79. The molecule has 0 unspecified atom stereocenters. The molecule has 1 amide bonds. The van der Waals surface area contributed by atoms with Gasteiger partial charge in [-0.15, -0.1) is 0 Å². The van der Waals surface area contributed by atoms with E-state index in [9.17, 15) is 9.18 Å². The summed E-state index contributed by atoms with van der Waals surface area (Å²) in [5, 5.41) is 1.66. The average molecular weight is 123 g/mol. The van der Waals surface area contributed by atoms with Gasteiger partial charge in [0.05, 0.1) is 0 Å². The molecule has 42 valence electrons. The van der Waals surface area contributed by atoms with Crippen LogP contribution in [-0.4, -0.2) is 18.5 Å². The summed E-state index contributed by atoms with van der Waals surface area (Å²) in [7, 11) is 0. The Kier molecular flexibility index (Phi) is 3.78. The molecule has 0 atom stereocenters. The lowest BCUT2D eigenvalue weighted by molar-refractivity contribution is 0.260. The molecule has 0 aliphatic heterocycles. The molecule has 0 rings (SSSR count). The van der Waals surface area contributed by atoms with E-state index in [4.69, 9.17) is 0 Å². The summed E-state index contributed by atoms with van der Waals surface area (Å²) in [6.07, 6.45) is 0. The van der Waals surface area contributed by atoms with E-state index in [1.54, 1.807) is 0 Å². The van der Waals surface area contributed by atoms with Gasteiger partial charge in [-0.05, 0) is 0 Å². The van der Waals surface area contributed by atoms with Crippen molar-refractivity contribution < 1.29 is 9.18 Å². The van der Waals surface area contributed by atoms with Crippen molar-refractivity contribution in [2.75, 3.05) is 13.2 Å². The summed E-state index contributed by atoms with van der Waals surface area (Å²) in [5.41, 5.74) is 0. The van der Waals surface area contributed by atoms with Crippen molar-refractivity contribution in [1.29, 1.82) is 0 Å². The van der Waals surface area contributed by atoms with Crippen LogP contribution in [0.3, 0.4) is 0 Å². The van der Waals surface area contributed by atoms with Gasteiger partial charge >= 0.3 is 0 Å². The minimum Gasteiger partial charge on any atom is -0.345 e. The maximum Gasteiger partial charge on any atom is 0.276 e. The number of thiol groups is 1. The van der Waals surface area contributed by atoms with Gasteiger partial charge < -0.3 is 5.32 Å². The van der Waals surface area contributed by atoms with Gasteiger partial charge in [-0.2, -0.15) is 0 Å². The molecule has 2 nitrogen and oxygen atoms in total. The number of nitrogens with one attached hydrogen (secondary N) is 1. The highest BCUT2D eigenvalue weighted by Gasteiger charge is 1.86. The van der Waals surface area contributed by atoms with Crippen LogP contribution in [0.2, 0.25) is 0 Å². The quantitative estimate of drug-likeness (QED) is 0.517. The Balaban J connectivity index is 2.82. The number of rotatable bonds is 2. The molecule has 7 heavy (non-hydrogen) atoms. The van der Waals surface area contributed by atoms with Crippen LogP contribution in [0.4, 0.5) is 9.18 Å². The molecule has 0 aliphatic rings. The van der Waals surface area contributed by atoms with Gasteiger partial charge in [0.25, 0.3) is 5.24 Å². The lowest BCUT2D eigenvalue weighted by atomic mass is 10.7. The highest BCUT2D eigenvalue weighted by Crippen LogP contribution is 1.73. The monoisotopic (exact) mass is 123 g/mol. The third-order valence-corrected chi connectivity index (χ3v) is 0.529. The number of halogens is 1. The molecule has 0 radical (unpaired) electrons. The maximum absolute atomic E-state index is 11.1. The lowest BCUT2D eigenvalue weighted by Crippen LogP contribution is -2.18. The van der Waals surface area contributed by atoms with Crippen molar-refractivity contribution in [1.82, 2.24) is 5.32 Å². The number of carbonyl (C=O) groups is 1. The topological polar surface area (TPSA) is 29.1 Å². The minimum absolute atomic E-state index is 0.0579. The summed E-state index contributed by atoms with van der Waals surface area (Å²) < 4.78 is 11.1. The van der Waals surface area contributed by atoms with Gasteiger partial charge in [-0.3, -0.25) is 4.79 Å². The van der Waals surface area contributed by atoms with Crippen molar-refractivity contribution in [3.63, 3.8) is 0 Å². The summed E-state index contributed by atoms with van der Waals surface area (Å²) >= 11 is 3.32. The Hall–Kier alpha value is -0.250. The van der Waals surface area contributed by atoms with Crippen molar-refractivity contribution >= 4 is 17.9 Å². The van der Waals surface area contributed by atoms with Gasteiger partial charge in [0, 0.05) is 6.54 Å². The van der Waals surface area contributed by atoms with E-state index in [1.165, 1.54) is 0 Å². The van der Waals surface area contributed by atoms with Crippen molar-refractivity contribution in [2.45, 2.75) is 0 Å². The molecule has 0 aliphatic carbocycles. The van der Waals surface area contributed by atoms with E-state index in [0.29, 0.717) is 0 Å². The standard InChI is InChI=1S/C3H6FNOS/c4-1-2-5-3(6)7/h1-2H2,(H2,5,6,7). The largest absolute Gasteiger partial charge is 0.345 e. The first-order valence-electron chi connectivity index (χ1n) is 1.80. The molecule has 0 aromatic rings. The van der Waals surface area contributed by atoms with Crippen LogP contribution in [0.25, 0.3) is 0 Å². The molecule has 4 heteroatoms. The number of amides is 1. The van der Waals surface area contributed by atoms with Crippen LogP contribution in [0.5, 0.6) is 0 Å². The number of hydrogen-bond donors (Lipinski definition) is 2. The third kappa shape index (κ3) is 5.75. The van der Waals surface area contributed by atoms with Crippen LogP contribution in [0, 0.1) is 0 Å². The van der Waals surface area contributed by atoms with E-state index in [0.717, 1.165) is 0 Å². The molecule has 0 aromatic carbocycles. The van der Waals surface area contributed by atoms with Crippen molar-refractivity contribution in [2.24, 2.45) is 0 Å². The molecular formula is C3H6FNOS. The normalized spacial score (nSPS) is 8.29. The fourth-order valence-corrected chi connectivity index (χ4v) is 0.266. The second-order valence-corrected chi connectivity index (χ2v) is 1.33. The molecule has 0 heterocycles. The SMILES string of the molecule is O=C(S)NCCF. The Morgan fingerprint density at radius 2 is 2.43 bits per heavy atom. The molecule has 0 fully saturated rings. The molecule has 0 spiro atoms. The van der Waals surface area contributed by atoms with E-state index >= 15 is 0 Å². The third-order valence-electron chi connectivity index (χ3n) is 0.371. The van der Waals surface area contributed by atoms with E-state index < -0.39 is 11.9 Å². The number of alkyl halides is 1. The summed E-state index contributed by atoms with van der Waals surface area (Å²) in [6.45, 7) is -0.478. The van der Waals surface area contributed by atoms with E-state index in [1.807, 2.05) is 0 Å². The molecular weight excluding hydrogens is 117 g/mol. The molecule has 1 N–H and O–H groups in total. The van der Waals surface area contributed by atoms with Crippen molar-refractivity contribution in [3.8, 4) is 0 Å². The van der Waals surface area contributed by atoms with Gasteiger partial charge in [0.15, 0.2) is 0 Å². The Morgan fingerprint density at radius 1 is 1.86 bits per heavy atom. The fraction of sp³-hybridized carbons (Fsp3) is 0.667.